The highest BCUT2D eigenvalue weighted by Crippen LogP contribution is 2.37. The summed E-state index contributed by atoms with van der Waals surface area (Å²) in [6, 6.07) is 23.0. The van der Waals surface area contributed by atoms with Crippen molar-refractivity contribution in [2.45, 2.75) is 58.4 Å². The average molecular weight is 505 g/mol. The fourth-order valence-electron chi connectivity index (χ4n) is 3.48. The van der Waals surface area contributed by atoms with E-state index in [0.717, 1.165) is 27.9 Å². The van der Waals surface area contributed by atoms with Crippen molar-refractivity contribution in [2.75, 3.05) is 10.6 Å². The van der Waals surface area contributed by atoms with Crippen molar-refractivity contribution in [1.82, 2.24) is 0 Å². The Bertz CT molecular complexity index is 1190. The van der Waals surface area contributed by atoms with Crippen LogP contribution in [0, 0.1) is 0 Å². The second-order valence-electron chi connectivity index (χ2n) is 10.5. The Morgan fingerprint density at radius 1 is 0.889 bits per heavy atom. The number of anilines is 2. The molecule has 0 bridgehead atoms. The molecule has 0 unspecified atom stereocenters. The molecule has 0 spiro atoms. The van der Waals surface area contributed by atoms with Gasteiger partial charge in [0, 0.05) is 17.7 Å². The average Bonchev–Trinajstić information content (AvgIpc) is 2.82. The van der Waals surface area contributed by atoms with Crippen molar-refractivity contribution in [1.29, 1.82) is 0 Å². The van der Waals surface area contributed by atoms with Crippen LogP contribution in [0.2, 0.25) is 18.1 Å². The first-order valence-corrected chi connectivity index (χ1v) is 15.1. The van der Waals surface area contributed by atoms with E-state index in [1.165, 1.54) is 0 Å². The van der Waals surface area contributed by atoms with Gasteiger partial charge in [0.05, 0.1) is 12.3 Å². The molecule has 190 valence electrons. The minimum atomic E-state index is -1.81. The molecule has 0 aliphatic rings. The summed E-state index contributed by atoms with van der Waals surface area (Å²) in [5.74, 6) is -0.0971. The molecule has 0 heterocycles. The van der Waals surface area contributed by atoms with E-state index in [4.69, 9.17) is 4.43 Å². The molecule has 6 nitrogen and oxygen atoms in total. The van der Waals surface area contributed by atoms with Crippen LogP contribution in [0.3, 0.4) is 0 Å². The van der Waals surface area contributed by atoms with Crippen molar-refractivity contribution in [3.63, 3.8) is 0 Å². The third-order valence-corrected chi connectivity index (χ3v) is 11.2. The molecule has 0 aliphatic heterocycles. The van der Waals surface area contributed by atoms with Gasteiger partial charge >= 0.3 is 6.09 Å². The first-order valence-electron chi connectivity index (χ1n) is 12.2. The van der Waals surface area contributed by atoms with Crippen molar-refractivity contribution in [2.24, 2.45) is 0 Å². The Balaban J connectivity index is 1.57. The number of carbonyl (C=O) groups is 2. The lowest BCUT2D eigenvalue weighted by Crippen LogP contribution is -2.40. The molecular formula is C29H36N2O4Si. The van der Waals surface area contributed by atoms with Crippen LogP contribution >= 0.6 is 0 Å². The maximum Gasteiger partial charge on any atom is 0.409 e. The number of benzene rings is 3. The molecule has 0 saturated heterocycles. The zero-order chi connectivity index (χ0) is 26.3. The first-order chi connectivity index (χ1) is 16.9. The highest BCUT2D eigenvalue weighted by atomic mass is 28.4. The van der Waals surface area contributed by atoms with E-state index in [9.17, 15) is 14.7 Å². The molecule has 0 saturated carbocycles. The number of carbonyl (C=O) groups excluding carboxylic acids is 1. The second kappa shape index (κ2) is 11.5. The maximum atomic E-state index is 12.5. The zero-order valence-electron chi connectivity index (χ0n) is 21.7. The number of carboxylic acid groups (broad SMARTS) is 1. The molecule has 3 aromatic rings. The molecule has 0 aromatic heterocycles. The van der Waals surface area contributed by atoms with Crippen molar-refractivity contribution in [3.8, 4) is 11.1 Å². The van der Waals surface area contributed by atoms with Crippen LogP contribution in [0.1, 0.15) is 38.3 Å². The molecule has 0 fully saturated rings. The summed E-state index contributed by atoms with van der Waals surface area (Å²) in [5.41, 5.74) is 4.92. The lowest BCUT2D eigenvalue weighted by Gasteiger charge is -2.36. The quantitative estimate of drug-likeness (QED) is 0.263. The van der Waals surface area contributed by atoms with E-state index in [-0.39, 0.29) is 17.4 Å². The van der Waals surface area contributed by atoms with Gasteiger partial charge in [-0.05, 0) is 59.4 Å². The number of hydrogen-bond acceptors (Lipinski definition) is 3. The summed E-state index contributed by atoms with van der Waals surface area (Å²) >= 11 is 0. The maximum absolute atomic E-state index is 12.5. The number of hydrogen-bond donors (Lipinski definition) is 3. The highest BCUT2D eigenvalue weighted by Gasteiger charge is 2.36. The fraction of sp³-hybridized carbons (Fsp3) is 0.310. The number of aryl methyl sites for hydroxylation is 1. The predicted molar refractivity (Wildman–Crippen MR) is 149 cm³/mol. The smallest absolute Gasteiger partial charge is 0.409 e. The van der Waals surface area contributed by atoms with Crippen LogP contribution in [0.4, 0.5) is 16.2 Å². The third-order valence-electron chi connectivity index (χ3n) is 6.69. The molecule has 3 aromatic carbocycles. The van der Waals surface area contributed by atoms with E-state index in [0.29, 0.717) is 18.7 Å². The number of amides is 2. The van der Waals surface area contributed by atoms with Gasteiger partial charge in [0.25, 0.3) is 0 Å². The van der Waals surface area contributed by atoms with E-state index in [1.54, 1.807) is 6.07 Å². The zero-order valence-corrected chi connectivity index (χ0v) is 22.7. The van der Waals surface area contributed by atoms with E-state index in [1.807, 2.05) is 66.7 Å². The van der Waals surface area contributed by atoms with Gasteiger partial charge in [0.15, 0.2) is 8.32 Å². The summed E-state index contributed by atoms with van der Waals surface area (Å²) in [7, 11) is -1.81. The Morgan fingerprint density at radius 3 is 2.14 bits per heavy atom. The van der Waals surface area contributed by atoms with Gasteiger partial charge in [0.1, 0.15) is 0 Å². The van der Waals surface area contributed by atoms with Gasteiger partial charge in [0.2, 0.25) is 5.91 Å². The molecule has 0 radical (unpaired) electrons. The van der Waals surface area contributed by atoms with Crippen LogP contribution in [0.15, 0.2) is 72.8 Å². The largest absolute Gasteiger partial charge is 0.465 e. The molecule has 7 heteroatoms. The van der Waals surface area contributed by atoms with Gasteiger partial charge in [-0.2, -0.15) is 0 Å². The minimum Gasteiger partial charge on any atom is -0.465 e. The summed E-state index contributed by atoms with van der Waals surface area (Å²) in [5, 5.41) is 14.8. The van der Waals surface area contributed by atoms with Crippen LogP contribution < -0.4 is 10.6 Å². The molecule has 36 heavy (non-hydrogen) atoms. The molecule has 0 aliphatic carbocycles. The molecule has 3 N–H and O–H groups in total. The van der Waals surface area contributed by atoms with Gasteiger partial charge in [-0.1, -0.05) is 75.4 Å². The van der Waals surface area contributed by atoms with Gasteiger partial charge in [-0.3, -0.25) is 10.1 Å². The lowest BCUT2D eigenvalue weighted by molar-refractivity contribution is -0.116. The highest BCUT2D eigenvalue weighted by molar-refractivity contribution is 6.74. The van der Waals surface area contributed by atoms with Crippen molar-refractivity contribution < 1.29 is 19.1 Å². The third kappa shape index (κ3) is 7.54. The number of rotatable bonds is 9. The van der Waals surface area contributed by atoms with Gasteiger partial charge in [-0.15, -0.1) is 0 Å². The van der Waals surface area contributed by atoms with Gasteiger partial charge < -0.3 is 14.8 Å². The summed E-state index contributed by atoms with van der Waals surface area (Å²) in [4.78, 5) is 23.9. The fourth-order valence-corrected chi connectivity index (χ4v) is 4.44. The summed E-state index contributed by atoms with van der Waals surface area (Å²) < 4.78 is 6.27. The predicted octanol–water partition coefficient (Wildman–Crippen LogP) is 7.54. The molecule has 2 amide bonds. The van der Waals surface area contributed by atoms with E-state index in [2.05, 4.69) is 44.5 Å². The van der Waals surface area contributed by atoms with Crippen molar-refractivity contribution >= 4 is 31.7 Å². The summed E-state index contributed by atoms with van der Waals surface area (Å²) in [6.45, 7) is 11.7. The van der Waals surface area contributed by atoms with Crippen LogP contribution in [0.5, 0.6) is 0 Å². The van der Waals surface area contributed by atoms with Crippen LogP contribution in [-0.4, -0.2) is 25.4 Å². The normalized spacial score (nSPS) is 11.7. The Labute approximate surface area is 214 Å². The van der Waals surface area contributed by atoms with E-state index < -0.39 is 14.4 Å². The van der Waals surface area contributed by atoms with E-state index >= 15 is 0 Å². The Morgan fingerprint density at radius 2 is 1.53 bits per heavy atom. The first kappa shape index (κ1) is 27.2. The minimum absolute atomic E-state index is 0.0971. The standard InChI is InChI=1S/C29H36N2O4Si/c1-29(2,3)36(4,5)35-20-22-11-15-24(16-12-22)30-27(32)18-14-21-13-17-25(23-9-7-6-8-10-23)26(19-21)31-28(33)34/h6-13,15-17,19,31H,14,18,20H2,1-5H3,(H,30,32)(H,33,34). The van der Waals surface area contributed by atoms with Crippen molar-refractivity contribution in [3.05, 3.63) is 83.9 Å². The second-order valence-corrected chi connectivity index (χ2v) is 15.3. The molecular weight excluding hydrogens is 468 g/mol. The Kier molecular flexibility index (Phi) is 8.71. The molecule has 0 atom stereocenters. The monoisotopic (exact) mass is 504 g/mol. The topological polar surface area (TPSA) is 87.7 Å². The molecule has 3 rings (SSSR count). The number of nitrogens with one attached hydrogen (secondary N) is 2. The lowest BCUT2D eigenvalue weighted by atomic mass is 9.99. The van der Waals surface area contributed by atoms with Gasteiger partial charge in [-0.25, -0.2) is 4.79 Å². The SMILES string of the molecule is CC(C)(C)[Si](C)(C)OCc1ccc(NC(=O)CCc2ccc(-c3ccccc3)c(NC(=O)O)c2)cc1. The Hall–Kier alpha value is -3.42. The van der Waals surface area contributed by atoms with Crippen LogP contribution in [-0.2, 0) is 22.2 Å². The van der Waals surface area contributed by atoms with Crippen LogP contribution in [0.25, 0.3) is 11.1 Å². The summed E-state index contributed by atoms with van der Waals surface area (Å²) in [6.07, 6.45) is -0.346.